The molecule has 0 heterocycles. The van der Waals surface area contributed by atoms with E-state index in [2.05, 4.69) is 51.7 Å². The number of hydrogen-bond donors (Lipinski definition) is 2. The topological polar surface area (TPSA) is 41.5 Å². The van der Waals surface area contributed by atoms with Gasteiger partial charge in [-0.05, 0) is 33.2 Å². The maximum atomic E-state index is 9.40. The second-order valence-electron chi connectivity index (χ2n) is 5.62. The second kappa shape index (κ2) is 9.78. The normalized spacial score (nSPS) is 14.9. The van der Waals surface area contributed by atoms with Crippen LogP contribution in [0.4, 0.5) is 0 Å². The van der Waals surface area contributed by atoms with Gasteiger partial charge in [0.05, 0.1) is 13.2 Å². The monoisotopic (exact) mass is 281 g/mol. The predicted octanol–water partition coefficient (Wildman–Crippen LogP) is 3.28. The second-order valence-corrected chi connectivity index (χ2v) is 5.62. The van der Waals surface area contributed by atoms with Crippen LogP contribution in [0.3, 0.4) is 0 Å². The predicted molar refractivity (Wildman–Crippen MR) is 86.5 cm³/mol. The van der Waals surface area contributed by atoms with Gasteiger partial charge < -0.3 is 15.2 Å². The number of rotatable bonds is 9. The molecule has 0 aromatic rings. The lowest BCUT2D eigenvalue weighted by Crippen LogP contribution is -2.38. The van der Waals surface area contributed by atoms with E-state index in [1.807, 2.05) is 7.05 Å². The summed E-state index contributed by atoms with van der Waals surface area (Å²) in [5, 5.41) is 12.7. The lowest BCUT2D eigenvalue weighted by Gasteiger charge is -2.31. The molecule has 0 fully saturated rings. The zero-order valence-corrected chi connectivity index (χ0v) is 13.9. The first-order valence-electron chi connectivity index (χ1n) is 7.24. The van der Waals surface area contributed by atoms with Gasteiger partial charge in [-0.1, -0.05) is 43.7 Å². The number of aliphatic hydroxyl groups is 1. The molecular formula is C17H31NO2. The Hall–Kier alpha value is -1.06. The Kier molecular flexibility index (Phi) is 9.26. The van der Waals surface area contributed by atoms with Crippen molar-refractivity contribution in [1.82, 2.24) is 5.32 Å². The molecule has 0 saturated carbocycles. The van der Waals surface area contributed by atoms with Crippen LogP contribution >= 0.6 is 0 Å². The first-order chi connectivity index (χ1) is 9.38. The summed E-state index contributed by atoms with van der Waals surface area (Å²) in [5.74, 6) is 1.28. The highest BCUT2D eigenvalue weighted by molar-refractivity contribution is 5.23. The van der Waals surface area contributed by atoms with E-state index < -0.39 is 0 Å². The summed E-state index contributed by atoms with van der Waals surface area (Å²) in [7, 11) is 3.54. The number of methoxy groups -OCH3 is 1. The average molecular weight is 281 g/mol. The molecule has 0 rings (SSSR count). The fraction of sp³-hybridized carbons (Fsp3) is 0.647. The van der Waals surface area contributed by atoms with Crippen LogP contribution in [0, 0.1) is 11.8 Å². The molecule has 20 heavy (non-hydrogen) atoms. The van der Waals surface area contributed by atoms with Crippen LogP contribution in [-0.4, -0.2) is 31.9 Å². The quantitative estimate of drug-likeness (QED) is 0.503. The summed E-state index contributed by atoms with van der Waals surface area (Å²) in [5.41, 5.74) is 2.57. The molecular weight excluding hydrogens is 250 g/mol. The van der Waals surface area contributed by atoms with E-state index in [1.165, 1.54) is 11.1 Å². The van der Waals surface area contributed by atoms with Crippen LogP contribution in [0.1, 0.15) is 34.1 Å². The molecule has 0 aromatic carbocycles. The van der Waals surface area contributed by atoms with Gasteiger partial charge in [0.15, 0.2) is 0 Å². The highest BCUT2D eigenvalue weighted by Gasteiger charge is 2.27. The minimum Gasteiger partial charge on any atom is -0.500 e. The Morgan fingerprint density at radius 1 is 1.30 bits per heavy atom. The van der Waals surface area contributed by atoms with Crippen molar-refractivity contribution >= 4 is 0 Å². The van der Waals surface area contributed by atoms with Crippen LogP contribution in [0.5, 0.6) is 0 Å². The first-order valence-corrected chi connectivity index (χ1v) is 7.24. The number of hydrogen-bond acceptors (Lipinski definition) is 3. The molecule has 0 aliphatic carbocycles. The first kappa shape index (κ1) is 18.9. The largest absolute Gasteiger partial charge is 0.500 e. The Morgan fingerprint density at radius 3 is 2.25 bits per heavy atom. The van der Waals surface area contributed by atoms with Gasteiger partial charge in [-0.15, -0.1) is 0 Å². The van der Waals surface area contributed by atoms with Crippen LogP contribution in [-0.2, 0) is 4.74 Å². The number of ether oxygens (including phenoxy) is 1. The number of likely N-dealkylation sites (N-methyl/N-ethyl adjacent to an activating group) is 1. The maximum absolute atomic E-state index is 9.40. The molecule has 2 unspecified atom stereocenters. The molecule has 2 atom stereocenters. The number of allylic oxidation sites excluding steroid dienone is 3. The zero-order chi connectivity index (χ0) is 15.7. The van der Waals surface area contributed by atoms with Crippen molar-refractivity contribution in [3.8, 4) is 0 Å². The van der Waals surface area contributed by atoms with Crippen LogP contribution < -0.4 is 5.32 Å². The number of nitrogens with one attached hydrogen (secondary N) is 1. The van der Waals surface area contributed by atoms with Crippen LogP contribution in [0.2, 0.25) is 0 Å². The Bertz CT molecular complexity index is 352. The Labute approximate surface area is 124 Å². The summed E-state index contributed by atoms with van der Waals surface area (Å²) in [6.07, 6.45) is 4.99. The van der Waals surface area contributed by atoms with Crippen molar-refractivity contribution in [2.75, 3.05) is 20.8 Å². The molecule has 0 aromatic heterocycles. The summed E-state index contributed by atoms with van der Waals surface area (Å²) in [6, 6.07) is 0.00589. The third-order valence-electron chi connectivity index (χ3n) is 3.47. The van der Waals surface area contributed by atoms with Crippen molar-refractivity contribution < 1.29 is 9.84 Å². The van der Waals surface area contributed by atoms with E-state index in [0.717, 1.165) is 0 Å². The van der Waals surface area contributed by atoms with Gasteiger partial charge in [-0.2, -0.15) is 0 Å². The van der Waals surface area contributed by atoms with Gasteiger partial charge >= 0.3 is 0 Å². The Balaban J connectivity index is 5.52. The van der Waals surface area contributed by atoms with Crippen molar-refractivity contribution in [2.24, 2.45) is 11.8 Å². The molecule has 0 bridgehead atoms. The van der Waals surface area contributed by atoms with E-state index in [-0.39, 0.29) is 18.6 Å². The molecule has 0 aliphatic heterocycles. The minimum absolute atomic E-state index is 0.00589. The average Bonchev–Trinajstić information content (AvgIpc) is 2.38. The SMILES string of the molecule is C=C(OC)C(NC)C(CCO)/C(=C/C=C(C)C)C(C)C. The van der Waals surface area contributed by atoms with Crippen molar-refractivity contribution in [1.29, 1.82) is 0 Å². The molecule has 0 aliphatic rings. The van der Waals surface area contributed by atoms with Crippen LogP contribution in [0.25, 0.3) is 0 Å². The minimum atomic E-state index is 0.00589. The lowest BCUT2D eigenvalue weighted by atomic mass is 9.81. The molecule has 2 N–H and O–H groups in total. The highest BCUT2D eigenvalue weighted by atomic mass is 16.5. The Morgan fingerprint density at radius 2 is 1.90 bits per heavy atom. The lowest BCUT2D eigenvalue weighted by molar-refractivity contribution is 0.204. The van der Waals surface area contributed by atoms with E-state index >= 15 is 0 Å². The van der Waals surface area contributed by atoms with Crippen molar-refractivity contribution in [3.63, 3.8) is 0 Å². The summed E-state index contributed by atoms with van der Waals surface area (Å²) in [4.78, 5) is 0. The summed E-state index contributed by atoms with van der Waals surface area (Å²) < 4.78 is 5.30. The third kappa shape index (κ3) is 5.93. The number of aliphatic hydroxyl groups excluding tert-OH is 1. The fourth-order valence-corrected chi connectivity index (χ4v) is 2.39. The van der Waals surface area contributed by atoms with Gasteiger partial charge in [0.25, 0.3) is 0 Å². The van der Waals surface area contributed by atoms with E-state index in [9.17, 15) is 5.11 Å². The molecule has 0 saturated heterocycles. The third-order valence-corrected chi connectivity index (χ3v) is 3.47. The molecule has 0 spiro atoms. The summed E-state index contributed by atoms with van der Waals surface area (Å²) >= 11 is 0. The van der Waals surface area contributed by atoms with Gasteiger partial charge in [0.2, 0.25) is 0 Å². The van der Waals surface area contributed by atoms with Crippen LogP contribution in [0.15, 0.2) is 35.6 Å². The smallest absolute Gasteiger partial charge is 0.106 e. The van der Waals surface area contributed by atoms with Gasteiger partial charge in [-0.3, -0.25) is 0 Å². The fourth-order valence-electron chi connectivity index (χ4n) is 2.39. The van der Waals surface area contributed by atoms with E-state index in [4.69, 9.17) is 4.74 Å². The van der Waals surface area contributed by atoms with Crippen molar-refractivity contribution in [3.05, 3.63) is 35.6 Å². The van der Waals surface area contributed by atoms with Gasteiger partial charge in [0.1, 0.15) is 5.76 Å². The molecule has 0 radical (unpaired) electrons. The van der Waals surface area contributed by atoms with E-state index in [1.54, 1.807) is 7.11 Å². The maximum Gasteiger partial charge on any atom is 0.106 e. The zero-order valence-electron chi connectivity index (χ0n) is 13.9. The standard InChI is InChI=1S/C17H31NO2/c1-12(2)8-9-15(13(3)4)16(10-11-19)17(18-6)14(5)20-7/h8-9,13,16-19H,5,10-11H2,1-4,6-7H3/b15-9+. The summed E-state index contributed by atoms with van der Waals surface area (Å²) in [6.45, 7) is 12.6. The molecule has 0 amide bonds. The molecule has 116 valence electrons. The van der Waals surface area contributed by atoms with Gasteiger partial charge in [-0.25, -0.2) is 0 Å². The van der Waals surface area contributed by atoms with Gasteiger partial charge in [0, 0.05) is 12.5 Å². The van der Waals surface area contributed by atoms with E-state index in [0.29, 0.717) is 18.1 Å². The van der Waals surface area contributed by atoms with Crippen molar-refractivity contribution in [2.45, 2.75) is 40.2 Å². The molecule has 3 heteroatoms. The highest BCUT2D eigenvalue weighted by Crippen LogP contribution is 2.29. The molecule has 3 nitrogen and oxygen atoms in total.